The molecule has 1 aromatic rings. The van der Waals surface area contributed by atoms with Crippen molar-refractivity contribution >= 4 is 17.5 Å². The smallest absolute Gasteiger partial charge is 0.251 e. The third-order valence-electron chi connectivity index (χ3n) is 3.05. The minimum absolute atomic E-state index is 0.0831. The van der Waals surface area contributed by atoms with E-state index < -0.39 is 0 Å². The first kappa shape index (κ1) is 16.8. The maximum Gasteiger partial charge on any atom is 0.251 e. The largest absolute Gasteiger partial charge is 0.494 e. The first-order valence-corrected chi connectivity index (χ1v) is 7.63. The molecular formula is C16H24ClNO2. The summed E-state index contributed by atoms with van der Waals surface area (Å²) in [7, 11) is 0. The molecule has 3 nitrogen and oxygen atoms in total. The summed E-state index contributed by atoms with van der Waals surface area (Å²) in [5.74, 6) is 1.24. The molecule has 4 heteroatoms. The molecule has 0 atom stereocenters. The van der Waals surface area contributed by atoms with Crippen LogP contribution in [0.1, 0.15) is 50.4 Å². The molecule has 1 rings (SSSR count). The van der Waals surface area contributed by atoms with Crippen molar-refractivity contribution in [2.24, 2.45) is 0 Å². The van der Waals surface area contributed by atoms with Crippen LogP contribution in [-0.4, -0.2) is 23.9 Å². The van der Waals surface area contributed by atoms with E-state index in [0.29, 0.717) is 18.1 Å². The number of nitrogens with one attached hydrogen (secondary N) is 1. The maximum atomic E-state index is 12.1. The zero-order valence-electron chi connectivity index (χ0n) is 12.5. The van der Waals surface area contributed by atoms with Gasteiger partial charge in [-0.15, -0.1) is 11.6 Å². The molecular weight excluding hydrogens is 274 g/mol. The normalized spacial score (nSPS) is 11.2. The number of carbonyl (C=O) groups excluding carboxylic acids is 1. The van der Waals surface area contributed by atoms with Crippen molar-refractivity contribution in [3.05, 3.63) is 29.8 Å². The lowest BCUT2D eigenvalue weighted by atomic mass is 10.0. The van der Waals surface area contributed by atoms with Crippen molar-refractivity contribution in [3.63, 3.8) is 0 Å². The molecule has 0 fully saturated rings. The summed E-state index contributed by atoms with van der Waals surface area (Å²) in [4.78, 5) is 12.1. The van der Waals surface area contributed by atoms with Crippen molar-refractivity contribution in [1.82, 2.24) is 5.32 Å². The highest BCUT2D eigenvalue weighted by molar-refractivity contribution is 6.17. The van der Waals surface area contributed by atoms with E-state index in [2.05, 4.69) is 12.2 Å². The van der Waals surface area contributed by atoms with Crippen LogP contribution < -0.4 is 10.1 Å². The van der Waals surface area contributed by atoms with Crippen LogP contribution in [-0.2, 0) is 0 Å². The van der Waals surface area contributed by atoms with E-state index in [1.807, 2.05) is 26.0 Å². The van der Waals surface area contributed by atoms with Gasteiger partial charge in [-0.1, -0.05) is 13.3 Å². The molecule has 0 bridgehead atoms. The van der Waals surface area contributed by atoms with Gasteiger partial charge in [0.2, 0.25) is 0 Å². The summed E-state index contributed by atoms with van der Waals surface area (Å²) in [5.41, 5.74) is 0.338. The molecule has 0 heterocycles. The monoisotopic (exact) mass is 297 g/mol. The lowest BCUT2D eigenvalue weighted by molar-refractivity contribution is 0.0911. The average molecular weight is 298 g/mol. The van der Waals surface area contributed by atoms with Gasteiger partial charge in [0.15, 0.2) is 0 Å². The molecule has 1 aromatic carbocycles. The van der Waals surface area contributed by atoms with E-state index >= 15 is 0 Å². The van der Waals surface area contributed by atoms with Crippen LogP contribution in [0, 0.1) is 0 Å². The van der Waals surface area contributed by atoms with E-state index in [1.165, 1.54) is 0 Å². The molecule has 0 radical (unpaired) electrons. The topological polar surface area (TPSA) is 38.3 Å². The lowest BCUT2D eigenvalue weighted by Crippen LogP contribution is -2.43. The minimum Gasteiger partial charge on any atom is -0.494 e. The number of hydrogen-bond acceptors (Lipinski definition) is 2. The number of benzene rings is 1. The fourth-order valence-electron chi connectivity index (χ4n) is 1.72. The summed E-state index contributed by atoms with van der Waals surface area (Å²) in [6.45, 7) is 6.77. The first-order chi connectivity index (χ1) is 9.48. The van der Waals surface area contributed by atoms with Crippen molar-refractivity contribution in [1.29, 1.82) is 0 Å². The molecule has 0 aliphatic heterocycles. The highest BCUT2D eigenvalue weighted by Crippen LogP contribution is 2.15. The highest BCUT2D eigenvalue weighted by atomic mass is 35.5. The van der Waals surface area contributed by atoms with Crippen molar-refractivity contribution in [2.75, 3.05) is 12.5 Å². The van der Waals surface area contributed by atoms with Crippen LogP contribution in [0.15, 0.2) is 24.3 Å². The van der Waals surface area contributed by atoms with E-state index in [0.717, 1.165) is 25.0 Å². The highest BCUT2D eigenvalue weighted by Gasteiger charge is 2.20. The first-order valence-electron chi connectivity index (χ1n) is 7.10. The average Bonchev–Trinajstić information content (AvgIpc) is 2.39. The van der Waals surface area contributed by atoms with Crippen LogP contribution in [0.25, 0.3) is 0 Å². The third-order valence-corrected chi connectivity index (χ3v) is 3.24. The second-order valence-corrected chi connectivity index (χ2v) is 5.88. The fraction of sp³-hybridized carbons (Fsp3) is 0.562. The summed E-state index contributed by atoms with van der Waals surface area (Å²) in [6, 6.07) is 7.24. The number of unbranched alkanes of at least 4 members (excludes halogenated alkanes) is 1. The number of ether oxygens (including phenoxy) is 1. The molecule has 0 spiro atoms. The Hall–Kier alpha value is -1.22. The second-order valence-electron chi connectivity index (χ2n) is 5.50. The van der Waals surface area contributed by atoms with Crippen LogP contribution in [0.2, 0.25) is 0 Å². The molecule has 1 N–H and O–H groups in total. The summed E-state index contributed by atoms with van der Waals surface area (Å²) in [6.07, 6.45) is 2.88. The summed E-state index contributed by atoms with van der Waals surface area (Å²) >= 11 is 5.73. The van der Waals surface area contributed by atoms with Crippen molar-refractivity contribution < 1.29 is 9.53 Å². The Bertz CT molecular complexity index is 415. The van der Waals surface area contributed by atoms with Gasteiger partial charge in [0.1, 0.15) is 5.75 Å². The van der Waals surface area contributed by atoms with Crippen molar-refractivity contribution in [2.45, 2.75) is 45.6 Å². The van der Waals surface area contributed by atoms with E-state index in [9.17, 15) is 4.79 Å². The quantitative estimate of drug-likeness (QED) is 0.582. The van der Waals surface area contributed by atoms with Gasteiger partial charge in [-0.2, -0.15) is 0 Å². The Labute approximate surface area is 126 Å². The Kier molecular flexibility index (Phi) is 6.86. The molecule has 20 heavy (non-hydrogen) atoms. The molecule has 0 saturated carbocycles. The van der Waals surface area contributed by atoms with Gasteiger partial charge in [-0.05, 0) is 51.0 Å². The predicted octanol–water partition coefficient (Wildman–Crippen LogP) is 4.00. The van der Waals surface area contributed by atoms with Gasteiger partial charge in [0, 0.05) is 17.0 Å². The molecule has 0 aliphatic rings. The number of rotatable bonds is 8. The maximum absolute atomic E-state index is 12.1. The van der Waals surface area contributed by atoms with Gasteiger partial charge < -0.3 is 10.1 Å². The Morgan fingerprint density at radius 1 is 1.30 bits per heavy atom. The molecule has 0 aromatic heterocycles. The SMILES string of the molecule is CCCCOc1ccc(C(=O)NC(C)(C)CCCl)cc1. The summed E-state index contributed by atoms with van der Waals surface area (Å²) in [5, 5.41) is 2.98. The zero-order chi connectivity index (χ0) is 15.0. The zero-order valence-corrected chi connectivity index (χ0v) is 13.3. The fourth-order valence-corrected chi connectivity index (χ4v) is 2.19. The molecule has 0 unspecified atom stereocenters. The number of hydrogen-bond donors (Lipinski definition) is 1. The van der Waals surface area contributed by atoms with Crippen LogP contribution in [0.3, 0.4) is 0 Å². The Balaban J connectivity index is 2.57. The van der Waals surface area contributed by atoms with E-state index in [1.54, 1.807) is 12.1 Å². The van der Waals surface area contributed by atoms with Gasteiger partial charge in [0.25, 0.3) is 5.91 Å². The van der Waals surface area contributed by atoms with E-state index in [-0.39, 0.29) is 11.4 Å². The Morgan fingerprint density at radius 2 is 1.95 bits per heavy atom. The summed E-state index contributed by atoms with van der Waals surface area (Å²) < 4.78 is 5.57. The van der Waals surface area contributed by atoms with Gasteiger partial charge in [0.05, 0.1) is 6.61 Å². The molecule has 112 valence electrons. The Morgan fingerprint density at radius 3 is 2.50 bits per heavy atom. The molecule has 1 amide bonds. The van der Waals surface area contributed by atoms with Crippen LogP contribution in [0.4, 0.5) is 0 Å². The molecule has 0 saturated heterocycles. The lowest BCUT2D eigenvalue weighted by Gasteiger charge is -2.25. The number of halogens is 1. The standard InChI is InChI=1S/C16H24ClNO2/c1-4-5-12-20-14-8-6-13(7-9-14)15(19)18-16(2,3)10-11-17/h6-9H,4-5,10-12H2,1-3H3,(H,18,19). The van der Waals surface area contributed by atoms with Crippen LogP contribution >= 0.6 is 11.6 Å². The van der Waals surface area contributed by atoms with Crippen LogP contribution in [0.5, 0.6) is 5.75 Å². The van der Waals surface area contributed by atoms with Gasteiger partial charge in [-0.3, -0.25) is 4.79 Å². The van der Waals surface area contributed by atoms with Crippen molar-refractivity contribution in [3.8, 4) is 5.75 Å². The predicted molar refractivity (Wildman–Crippen MR) is 83.7 cm³/mol. The minimum atomic E-state index is -0.296. The number of carbonyl (C=O) groups is 1. The number of amides is 1. The van der Waals surface area contributed by atoms with E-state index in [4.69, 9.17) is 16.3 Å². The van der Waals surface area contributed by atoms with Gasteiger partial charge in [-0.25, -0.2) is 0 Å². The number of alkyl halides is 1. The van der Waals surface area contributed by atoms with Gasteiger partial charge >= 0.3 is 0 Å². The third kappa shape index (κ3) is 5.83. The molecule has 0 aliphatic carbocycles. The second kappa shape index (κ2) is 8.15.